The van der Waals surface area contributed by atoms with Crippen LogP contribution < -0.4 is 5.73 Å². The van der Waals surface area contributed by atoms with Crippen LogP contribution in [0.25, 0.3) is 0 Å². The molecule has 0 spiro atoms. The second-order valence-corrected chi connectivity index (χ2v) is 4.87. The van der Waals surface area contributed by atoms with Crippen molar-refractivity contribution in [3.05, 3.63) is 11.0 Å². The summed E-state index contributed by atoms with van der Waals surface area (Å²) in [5, 5.41) is 0.153. The van der Waals surface area contributed by atoms with Crippen molar-refractivity contribution in [2.75, 3.05) is 5.73 Å². The molecule has 1 saturated heterocycles. The number of aryl methyl sites for hydroxylation is 1. The molecule has 0 amide bonds. The quantitative estimate of drug-likeness (QED) is 0.618. The second kappa shape index (κ2) is 10.5. The van der Waals surface area contributed by atoms with Gasteiger partial charge in [0.25, 0.3) is 0 Å². The molecule has 120 valence electrons. The summed E-state index contributed by atoms with van der Waals surface area (Å²) in [7, 11) is 0. The van der Waals surface area contributed by atoms with Crippen LogP contribution in [0.5, 0.6) is 0 Å². The predicted molar refractivity (Wildman–Crippen MR) is 90.6 cm³/mol. The van der Waals surface area contributed by atoms with Gasteiger partial charge in [-0.3, -0.25) is 4.99 Å². The average molecular weight is 315 g/mol. The predicted octanol–water partition coefficient (Wildman–Crippen LogP) is 4.34. The lowest BCUT2D eigenvalue weighted by molar-refractivity contribution is 0.0673. The molecule has 1 aromatic rings. The number of nitrogen functional groups attached to an aromatic ring is 1. The summed E-state index contributed by atoms with van der Waals surface area (Å²) >= 11 is 5.57. The van der Waals surface area contributed by atoms with E-state index < -0.39 is 0 Å². The van der Waals surface area contributed by atoms with E-state index in [4.69, 9.17) is 22.1 Å². The minimum atomic E-state index is 0.153. The molecule has 6 heteroatoms. The molecule has 2 N–H and O–H groups in total. The van der Waals surface area contributed by atoms with Crippen LogP contribution in [0.15, 0.2) is 4.99 Å². The number of hydrogen-bond donors (Lipinski definition) is 1. The highest BCUT2D eigenvalue weighted by Crippen LogP contribution is 2.23. The van der Waals surface area contributed by atoms with Gasteiger partial charge in [0.2, 0.25) is 5.28 Å². The fourth-order valence-electron chi connectivity index (χ4n) is 1.84. The Balaban J connectivity index is 0.000000377. The van der Waals surface area contributed by atoms with Crippen molar-refractivity contribution in [2.24, 2.45) is 4.99 Å². The third-order valence-electron chi connectivity index (χ3n) is 2.76. The van der Waals surface area contributed by atoms with E-state index in [2.05, 4.69) is 28.8 Å². The molecule has 1 aliphatic rings. The highest BCUT2D eigenvalue weighted by Gasteiger charge is 2.16. The summed E-state index contributed by atoms with van der Waals surface area (Å²) in [5.41, 5.74) is 6.83. The van der Waals surface area contributed by atoms with E-state index in [1.54, 1.807) is 20.1 Å². The highest BCUT2D eigenvalue weighted by molar-refractivity contribution is 6.28. The van der Waals surface area contributed by atoms with E-state index in [0.29, 0.717) is 29.4 Å². The van der Waals surface area contributed by atoms with Crippen molar-refractivity contribution >= 4 is 29.3 Å². The monoisotopic (exact) mass is 314 g/mol. The molecule has 1 fully saturated rings. The van der Waals surface area contributed by atoms with Crippen LogP contribution in [-0.2, 0) is 4.74 Å². The highest BCUT2D eigenvalue weighted by atomic mass is 35.5. The lowest BCUT2D eigenvalue weighted by Gasteiger charge is -2.01. The standard InChI is InChI=1S/C7H9ClN4.C6H12O.C2H6/c1-3-10-5-4(2)11-7(8)12-6(5)9;1-5-3-4-6(2)7-5;1-2/h3H,1-2H3,(H2,9,11,12);5-6H,3-4H2,1-2H3;1-2H3/t;5-,6?;/m.0./s1. The van der Waals surface area contributed by atoms with Gasteiger partial charge >= 0.3 is 0 Å². The average Bonchev–Trinajstić information content (AvgIpc) is 2.80. The Morgan fingerprint density at radius 2 is 1.76 bits per heavy atom. The van der Waals surface area contributed by atoms with Crippen LogP contribution in [0.1, 0.15) is 53.2 Å². The largest absolute Gasteiger partial charge is 0.382 e. The second-order valence-electron chi connectivity index (χ2n) is 4.53. The molecular formula is C15H27ClN4O. The van der Waals surface area contributed by atoms with Gasteiger partial charge in [-0.15, -0.1) is 0 Å². The maximum atomic E-state index is 5.57. The Hall–Kier alpha value is -1.20. The van der Waals surface area contributed by atoms with Gasteiger partial charge in [-0.1, -0.05) is 13.8 Å². The van der Waals surface area contributed by atoms with E-state index in [1.165, 1.54) is 12.8 Å². The normalized spacial score (nSPS) is 20.5. The lowest BCUT2D eigenvalue weighted by Crippen LogP contribution is -2.01. The van der Waals surface area contributed by atoms with Crippen molar-refractivity contribution in [2.45, 2.75) is 66.6 Å². The number of ether oxygens (including phenoxy) is 1. The number of halogens is 1. The Morgan fingerprint density at radius 3 is 2.10 bits per heavy atom. The van der Waals surface area contributed by atoms with Crippen LogP contribution in [0, 0.1) is 6.92 Å². The number of rotatable bonds is 1. The molecule has 2 atom stereocenters. The van der Waals surface area contributed by atoms with Gasteiger partial charge in [0.05, 0.1) is 17.9 Å². The summed E-state index contributed by atoms with van der Waals surface area (Å²) in [6.07, 6.45) is 5.18. The maximum absolute atomic E-state index is 5.57. The topological polar surface area (TPSA) is 73.4 Å². The van der Waals surface area contributed by atoms with Gasteiger partial charge < -0.3 is 10.5 Å². The molecule has 1 unspecified atom stereocenters. The maximum Gasteiger partial charge on any atom is 0.224 e. The minimum absolute atomic E-state index is 0.153. The van der Waals surface area contributed by atoms with Gasteiger partial charge in [-0.25, -0.2) is 4.98 Å². The first-order chi connectivity index (χ1) is 9.93. The van der Waals surface area contributed by atoms with Crippen LogP contribution >= 0.6 is 11.6 Å². The fourth-order valence-corrected chi connectivity index (χ4v) is 2.06. The van der Waals surface area contributed by atoms with E-state index in [1.807, 2.05) is 13.8 Å². The summed E-state index contributed by atoms with van der Waals surface area (Å²) in [4.78, 5) is 11.7. The summed E-state index contributed by atoms with van der Waals surface area (Å²) in [6, 6.07) is 0. The number of nitrogens with two attached hydrogens (primary N) is 1. The van der Waals surface area contributed by atoms with Crippen LogP contribution in [-0.4, -0.2) is 28.4 Å². The van der Waals surface area contributed by atoms with Crippen LogP contribution in [0.3, 0.4) is 0 Å². The summed E-state index contributed by atoms with van der Waals surface area (Å²) in [5.74, 6) is 0.311. The molecule has 0 bridgehead atoms. The molecular weight excluding hydrogens is 288 g/mol. The zero-order valence-electron chi connectivity index (χ0n) is 13.9. The molecule has 1 aromatic heterocycles. The van der Waals surface area contributed by atoms with Crippen LogP contribution in [0.2, 0.25) is 5.28 Å². The number of aromatic nitrogens is 2. The molecule has 0 aromatic carbocycles. The summed E-state index contributed by atoms with van der Waals surface area (Å²) < 4.78 is 5.36. The Bertz CT molecular complexity index is 420. The van der Waals surface area contributed by atoms with Crippen molar-refractivity contribution in [3.63, 3.8) is 0 Å². The van der Waals surface area contributed by atoms with E-state index >= 15 is 0 Å². The van der Waals surface area contributed by atoms with Crippen molar-refractivity contribution in [1.29, 1.82) is 0 Å². The fraction of sp³-hybridized carbons (Fsp3) is 0.667. The van der Waals surface area contributed by atoms with Crippen molar-refractivity contribution in [3.8, 4) is 0 Å². The van der Waals surface area contributed by atoms with Gasteiger partial charge in [0.15, 0.2) is 5.82 Å². The Kier molecular flexibility index (Phi) is 9.91. The third kappa shape index (κ3) is 7.39. The first-order valence-corrected chi connectivity index (χ1v) is 7.75. The zero-order chi connectivity index (χ0) is 16.4. The lowest BCUT2D eigenvalue weighted by atomic mass is 10.2. The molecule has 5 nitrogen and oxygen atoms in total. The first kappa shape index (κ1) is 19.8. The molecule has 2 heterocycles. The third-order valence-corrected chi connectivity index (χ3v) is 2.93. The van der Waals surface area contributed by atoms with E-state index in [0.717, 1.165) is 0 Å². The first-order valence-electron chi connectivity index (χ1n) is 7.37. The molecule has 0 saturated carbocycles. The van der Waals surface area contributed by atoms with Crippen molar-refractivity contribution < 1.29 is 4.74 Å². The number of aliphatic imine (C=N–C) groups is 1. The van der Waals surface area contributed by atoms with Crippen molar-refractivity contribution in [1.82, 2.24) is 9.97 Å². The SMILES string of the molecule is CC.CC1CC[C@H](C)O1.CC=Nc1c(C)nc(Cl)nc1N. The summed E-state index contributed by atoms with van der Waals surface area (Å²) in [6.45, 7) is 11.8. The number of nitrogens with zero attached hydrogens (tertiary/aromatic N) is 3. The minimum Gasteiger partial charge on any atom is -0.382 e. The van der Waals surface area contributed by atoms with E-state index in [9.17, 15) is 0 Å². The molecule has 2 rings (SSSR count). The van der Waals surface area contributed by atoms with Crippen LogP contribution in [0.4, 0.5) is 11.5 Å². The van der Waals surface area contributed by atoms with Gasteiger partial charge in [-0.2, -0.15) is 4.98 Å². The van der Waals surface area contributed by atoms with Gasteiger partial charge in [0.1, 0.15) is 5.69 Å². The Labute approximate surface area is 133 Å². The zero-order valence-corrected chi connectivity index (χ0v) is 14.6. The van der Waals surface area contributed by atoms with E-state index in [-0.39, 0.29) is 5.28 Å². The van der Waals surface area contributed by atoms with Gasteiger partial charge in [-0.05, 0) is 52.1 Å². The smallest absolute Gasteiger partial charge is 0.224 e. The molecule has 21 heavy (non-hydrogen) atoms. The molecule has 0 aliphatic carbocycles. The number of hydrogen-bond acceptors (Lipinski definition) is 5. The Morgan fingerprint density at radius 1 is 1.24 bits per heavy atom. The van der Waals surface area contributed by atoms with Gasteiger partial charge in [0, 0.05) is 6.21 Å². The molecule has 0 radical (unpaired) electrons. The molecule has 1 aliphatic heterocycles. The number of anilines is 1.